The molecule has 0 spiro atoms. The maximum Gasteiger partial charge on any atom is 0.234 e. The summed E-state index contributed by atoms with van der Waals surface area (Å²) in [6.45, 7) is 6.20. The van der Waals surface area contributed by atoms with Gasteiger partial charge < -0.3 is 5.32 Å². The molecule has 1 aromatic heterocycles. The predicted octanol–water partition coefficient (Wildman–Crippen LogP) is 5.08. The van der Waals surface area contributed by atoms with Gasteiger partial charge in [0.15, 0.2) is 5.16 Å². The molecule has 1 N–H and O–H groups in total. The van der Waals surface area contributed by atoms with Crippen LogP contribution in [0.15, 0.2) is 53.9 Å². The number of carbonyl (C=O) groups excluding carboxylic acids is 1. The Morgan fingerprint density at radius 1 is 1.22 bits per heavy atom. The third-order valence-electron chi connectivity index (χ3n) is 4.23. The average Bonchev–Trinajstić information content (AvgIpc) is 3.12. The van der Waals surface area contributed by atoms with Crippen LogP contribution in [-0.4, -0.2) is 26.4 Å². The maximum absolute atomic E-state index is 12.3. The number of benzene rings is 2. The number of rotatable bonds is 6. The Labute approximate surface area is 168 Å². The summed E-state index contributed by atoms with van der Waals surface area (Å²) in [4.78, 5) is 12.3. The van der Waals surface area contributed by atoms with Crippen LogP contribution >= 0.6 is 23.4 Å². The first kappa shape index (κ1) is 19.5. The average molecular weight is 401 g/mol. The van der Waals surface area contributed by atoms with Crippen LogP contribution in [0.2, 0.25) is 5.02 Å². The van der Waals surface area contributed by atoms with E-state index in [1.807, 2.05) is 35.8 Å². The zero-order valence-electron chi connectivity index (χ0n) is 15.4. The molecule has 5 nitrogen and oxygen atoms in total. The first-order chi connectivity index (χ1) is 13.0. The van der Waals surface area contributed by atoms with E-state index in [1.54, 1.807) is 12.4 Å². The minimum atomic E-state index is -0.116. The molecule has 0 unspecified atom stereocenters. The minimum Gasteiger partial charge on any atom is -0.325 e. The lowest BCUT2D eigenvalue weighted by molar-refractivity contribution is -0.113. The largest absolute Gasteiger partial charge is 0.325 e. The summed E-state index contributed by atoms with van der Waals surface area (Å²) in [5.74, 6) is 0.594. The quantitative estimate of drug-likeness (QED) is 0.586. The van der Waals surface area contributed by atoms with Gasteiger partial charge in [-0.1, -0.05) is 55.4 Å². The summed E-state index contributed by atoms with van der Waals surface area (Å²) < 4.78 is 1.88. The number of nitrogens with one attached hydrogen (secondary N) is 1. The zero-order chi connectivity index (χ0) is 19.4. The van der Waals surface area contributed by atoms with E-state index >= 15 is 0 Å². The number of thioether (sulfide) groups is 1. The fraction of sp³-hybridized carbons (Fsp3) is 0.250. The summed E-state index contributed by atoms with van der Waals surface area (Å²) >= 11 is 7.44. The molecule has 27 heavy (non-hydrogen) atoms. The number of carbonyl (C=O) groups is 1. The molecule has 3 aromatic rings. The second-order valence-corrected chi connectivity index (χ2v) is 7.83. The van der Waals surface area contributed by atoms with E-state index in [0.29, 0.717) is 16.1 Å². The highest BCUT2D eigenvalue weighted by Gasteiger charge is 2.12. The maximum atomic E-state index is 12.3. The molecule has 1 amide bonds. The molecule has 0 saturated carbocycles. The second-order valence-electron chi connectivity index (χ2n) is 6.48. The Morgan fingerprint density at radius 3 is 2.67 bits per heavy atom. The van der Waals surface area contributed by atoms with Crippen molar-refractivity contribution in [2.75, 3.05) is 11.1 Å². The van der Waals surface area contributed by atoms with E-state index in [0.717, 1.165) is 16.9 Å². The Morgan fingerprint density at radius 2 is 1.96 bits per heavy atom. The molecule has 1 heterocycles. The molecular weight excluding hydrogens is 380 g/mol. The third kappa shape index (κ3) is 4.70. The Bertz CT molecular complexity index is 937. The van der Waals surface area contributed by atoms with E-state index < -0.39 is 0 Å². The molecule has 3 rings (SSSR count). The number of hydrogen-bond acceptors (Lipinski definition) is 4. The molecule has 0 aliphatic heterocycles. The minimum absolute atomic E-state index is 0.116. The fourth-order valence-electron chi connectivity index (χ4n) is 2.58. The summed E-state index contributed by atoms with van der Waals surface area (Å²) in [7, 11) is 0. The Hall–Kier alpha value is -2.31. The summed E-state index contributed by atoms with van der Waals surface area (Å²) in [6.07, 6.45) is 1.66. The van der Waals surface area contributed by atoms with Gasteiger partial charge in [-0.25, -0.2) is 0 Å². The number of halogens is 1. The molecule has 0 fully saturated rings. The number of nitrogens with zero attached hydrogens (tertiary/aromatic N) is 3. The van der Waals surface area contributed by atoms with Gasteiger partial charge in [0.25, 0.3) is 0 Å². The van der Waals surface area contributed by atoms with E-state index in [-0.39, 0.29) is 11.7 Å². The molecule has 0 aliphatic rings. The summed E-state index contributed by atoms with van der Waals surface area (Å²) in [5.41, 5.74) is 3.82. The normalized spacial score (nSPS) is 11.0. The first-order valence-electron chi connectivity index (χ1n) is 8.64. The van der Waals surface area contributed by atoms with Crippen molar-refractivity contribution in [1.82, 2.24) is 14.8 Å². The molecule has 0 atom stereocenters. The van der Waals surface area contributed by atoms with Gasteiger partial charge >= 0.3 is 0 Å². The van der Waals surface area contributed by atoms with E-state index in [4.69, 9.17) is 11.6 Å². The van der Waals surface area contributed by atoms with Crippen molar-refractivity contribution >= 4 is 35.0 Å². The third-order valence-corrected chi connectivity index (χ3v) is 5.58. The van der Waals surface area contributed by atoms with Gasteiger partial charge in [0.1, 0.15) is 6.33 Å². The molecule has 0 saturated heterocycles. The SMILES string of the molecule is Cc1c(Cl)cccc1NC(=O)CSc1nncn1-c1ccc(C(C)C)cc1. The number of aromatic nitrogens is 3. The fourth-order valence-corrected chi connectivity index (χ4v) is 3.48. The summed E-state index contributed by atoms with van der Waals surface area (Å²) in [5, 5.41) is 12.3. The lowest BCUT2D eigenvalue weighted by Gasteiger charge is -2.10. The van der Waals surface area contributed by atoms with Crippen LogP contribution in [0.25, 0.3) is 5.69 Å². The highest BCUT2D eigenvalue weighted by molar-refractivity contribution is 7.99. The lowest BCUT2D eigenvalue weighted by Crippen LogP contribution is -2.15. The van der Waals surface area contributed by atoms with Gasteiger partial charge in [-0.2, -0.15) is 0 Å². The van der Waals surface area contributed by atoms with Crippen molar-refractivity contribution in [2.24, 2.45) is 0 Å². The number of amides is 1. The highest BCUT2D eigenvalue weighted by atomic mass is 35.5. The van der Waals surface area contributed by atoms with Crippen LogP contribution in [0, 0.1) is 6.92 Å². The lowest BCUT2D eigenvalue weighted by atomic mass is 10.0. The van der Waals surface area contributed by atoms with Gasteiger partial charge in [-0.15, -0.1) is 10.2 Å². The van der Waals surface area contributed by atoms with Gasteiger partial charge in [0.05, 0.1) is 5.75 Å². The van der Waals surface area contributed by atoms with E-state index in [2.05, 4.69) is 41.5 Å². The number of hydrogen-bond donors (Lipinski definition) is 1. The van der Waals surface area contributed by atoms with Crippen molar-refractivity contribution in [3.63, 3.8) is 0 Å². The molecule has 2 aromatic carbocycles. The van der Waals surface area contributed by atoms with Crippen molar-refractivity contribution in [3.8, 4) is 5.69 Å². The van der Waals surface area contributed by atoms with Crippen LogP contribution in [0.3, 0.4) is 0 Å². The molecule has 0 radical (unpaired) electrons. The van der Waals surface area contributed by atoms with Gasteiger partial charge in [-0.05, 0) is 48.2 Å². The van der Waals surface area contributed by atoms with E-state index in [1.165, 1.54) is 17.3 Å². The van der Waals surface area contributed by atoms with Gasteiger partial charge in [0, 0.05) is 16.4 Å². The smallest absolute Gasteiger partial charge is 0.234 e. The van der Waals surface area contributed by atoms with Crippen molar-refractivity contribution < 1.29 is 4.79 Å². The Balaban J connectivity index is 1.66. The van der Waals surface area contributed by atoms with Crippen LogP contribution in [0.4, 0.5) is 5.69 Å². The first-order valence-corrected chi connectivity index (χ1v) is 10.00. The molecular formula is C20H21ClN4OS. The molecule has 0 bridgehead atoms. The summed E-state index contributed by atoms with van der Waals surface area (Å²) in [6, 6.07) is 13.7. The van der Waals surface area contributed by atoms with Crippen LogP contribution in [-0.2, 0) is 4.79 Å². The number of anilines is 1. The molecule has 140 valence electrons. The van der Waals surface area contributed by atoms with Gasteiger partial charge in [-0.3, -0.25) is 9.36 Å². The topological polar surface area (TPSA) is 59.8 Å². The van der Waals surface area contributed by atoms with Crippen molar-refractivity contribution in [1.29, 1.82) is 0 Å². The van der Waals surface area contributed by atoms with Crippen LogP contribution in [0.5, 0.6) is 0 Å². The molecule has 7 heteroatoms. The van der Waals surface area contributed by atoms with Crippen molar-refractivity contribution in [3.05, 3.63) is 64.9 Å². The Kier molecular flexibility index (Phi) is 6.19. The van der Waals surface area contributed by atoms with E-state index in [9.17, 15) is 4.79 Å². The zero-order valence-corrected chi connectivity index (χ0v) is 17.0. The van der Waals surface area contributed by atoms with Crippen molar-refractivity contribution in [2.45, 2.75) is 31.8 Å². The molecule has 0 aliphatic carbocycles. The van der Waals surface area contributed by atoms with Gasteiger partial charge in [0.2, 0.25) is 5.91 Å². The monoisotopic (exact) mass is 400 g/mol. The second kappa shape index (κ2) is 8.59. The van der Waals surface area contributed by atoms with Crippen LogP contribution < -0.4 is 5.32 Å². The van der Waals surface area contributed by atoms with Crippen LogP contribution in [0.1, 0.15) is 30.9 Å². The standard InChI is InChI=1S/C20H21ClN4OS/c1-13(2)15-7-9-16(10-8-15)25-12-22-24-20(25)27-11-19(26)23-18-6-4-5-17(21)14(18)3/h4-10,12-13H,11H2,1-3H3,(H,23,26). The highest BCUT2D eigenvalue weighted by Crippen LogP contribution is 2.24. The predicted molar refractivity (Wildman–Crippen MR) is 111 cm³/mol.